The second-order valence-electron chi connectivity index (χ2n) is 6.91. The van der Waals surface area contributed by atoms with Crippen molar-refractivity contribution in [3.05, 3.63) is 35.9 Å². The minimum absolute atomic E-state index is 0.0885. The molecular weight excluding hydrogens is 314 g/mol. The molecule has 1 aliphatic rings. The van der Waals surface area contributed by atoms with E-state index in [0.29, 0.717) is 19.4 Å². The quantitative estimate of drug-likeness (QED) is 0.524. The van der Waals surface area contributed by atoms with Gasteiger partial charge in [0.05, 0.1) is 6.04 Å². The van der Waals surface area contributed by atoms with E-state index in [0.717, 1.165) is 18.4 Å². The van der Waals surface area contributed by atoms with Crippen LogP contribution >= 0.6 is 0 Å². The molecule has 0 saturated carbocycles. The molecule has 0 spiro atoms. The van der Waals surface area contributed by atoms with Gasteiger partial charge in [0, 0.05) is 6.42 Å². The van der Waals surface area contributed by atoms with Crippen LogP contribution in [0.25, 0.3) is 0 Å². The maximum absolute atomic E-state index is 12.5. The van der Waals surface area contributed by atoms with Crippen LogP contribution < -0.4 is 0 Å². The maximum Gasteiger partial charge on any atom is 0.416 e. The zero-order valence-electron chi connectivity index (χ0n) is 15.4. The van der Waals surface area contributed by atoms with Crippen molar-refractivity contribution >= 4 is 12.0 Å². The van der Waals surface area contributed by atoms with Crippen LogP contribution in [0, 0.1) is 0 Å². The Bertz CT molecular complexity index is 529. The highest BCUT2D eigenvalue weighted by Gasteiger charge is 2.37. The average Bonchev–Trinajstić information content (AvgIpc) is 2.98. The molecule has 0 bridgehead atoms. The number of rotatable bonds is 11. The topological polar surface area (TPSA) is 46.6 Å². The summed E-state index contributed by atoms with van der Waals surface area (Å²) in [5, 5.41) is 0. The molecule has 1 aromatic rings. The summed E-state index contributed by atoms with van der Waals surface area (Å²) >= 11 is 0. The summed E-state index contributed by atoms with van der Waals surface area (Å²) in [6.45, 7) is 2.52. The van der Waals surface area contributed by atoms with E-state index >= 15 is 0 Å². The lowest BCUT2D eigenvalue weighted by atomic mass is 10.0. The third-order valence-electron chi connectivity index (χ3n) is 4.79. The summed E-state index contributed by atoms with van der Waals surface area (Å²) in [5.74, 6) is -0.0885. The van der Waals surface area contributed by atoms with Gasteiger partial charge >= 0.3 is 6.09 Å². The van der Waals surface area contributed by atoms with Crippen LogP contribution in [-0.2, 0) is 16.0 Å². The molecule has 1 fully saturated rings. The van der Waals surface area contributed by atoms with E-state index in [-0.39, 0.29) is 11.9 Å². The molecule has 138 valence electrons. The zero-order valence-corrected chi connectivity index (χ0v) is 15.4. The minimum Gasteiger partial charge on any atom is -0.447 e. The van der Waals surface area contributed by atoms with Gasteiger partial charge in [0.25, 0.3) is 0 Å². The third-order valence-corrected chi connectivity index (χ3v) is 4.79. The highest BCUT2D eigenvalue weighted by molar-refractivity contribution is 5.93. The van der Waals surface area contributed by atoms with Crippen LogP contribution in [0.5, 0.6) is 0 Å². The van der Waals surface area contributed by atoms with Crippen molar-refractivity contribution in [2.75, 3.05) is 6.61 Å². The number of benzene rings is 1. The number of carbonyl (C=O) groups is 2. The molecule has 1 heterocycles. The molecule has 0 N–H and O–H groups in total. The van der Waals surface area contributed by atoms with Gasteiger partial charge in [-0.1, -0.05) is 82.2 Å². The Labute approximate surface area is 151 Å². The number of carbonyl (C=O) groups excluding carboxylic acids is 2. The first-order valence-corrected chi connectivity index (χ1v) is 9.75. The highest BCUT2D eigenvalue weighted by Crippen LogP contribution is 2.19. The van der Waals surface area contributed by atoms with Crippen molar-refractivity contribution in [3.63, 3.8) is 0 Å². The van der Waals surface area contributed by atoms with E-state index in [2.05, 4.69) is 6.92 Å². The van der Waals surface area contributed by atoms with E-state index in [4.69, 9.17) is 4.74 Å². The molecule has 1 atom stereocenters. The Kier molecular flexibility index (Phi) is 8.50. The lowest BCUT2D eigenvalue weighted by Gasteiger charge is -2.19. The number of hydrogen-bond donors (Lipinski definition) is 0. The lowest BCUT2D eigenvalue weighted by molar-refractivity contribution is -0.129. The Morgan fingerprint density at radius 2 is 1.68 bits per heavy atom. The second-order valence-corrected chi connectivity index (χ2v) is 6.91. The second kappa shape index (κ2) is 10.9. The monoisotopic (exact) mass is 345 g/mol. The Hall–Kier alpha value is -1.84. The molecule has 4 heteroatoms. The van der Waals surface area contributed by atoms with Crippen LogP contribution in [-0.4, -0.2) is 29.5 Å². The number of cyclic esters (lactones) is 1. The number of amides is 2. The van der Waals surface area contributed by atoms with Gasteiger partial charge in [0.2, 0.25) is 5.91 Å². The van der Waals surface area contributed by atoms with Crippen LogP contribution in [0.3, 0.4) is 0 Å². The number of ether oxygens (including phenoxy) is 1. The SMILES string of the molecule is CCCCCCCCCCC(=O)N1C(=O)OC[C@H]1Cc1ccccc1. The molecule has 0 aromatic heterocycles. The highest BCUT2D eigenvalue weighted by atomic mass is 16.6. The number of nitrogens with zero attached hydrogens (tertiary/aromatic N) is 1. The fourth-order valence-electron chi connectivity index (χ4n) is 3.33. The molecule has 1 aliphatic heterocycles. The Morgan fingerprint density at radius 1 is 1.04 bits per heavy atom. The van der Waals surface area contributed by atoms with Crippen molar-refractivity contribution in [3.8, 4) is 0 Å². The molecule has 0 radical (unpaired) electrons. The van der Waals surface area contributed by atoms with Gasteiger partial charge in [-0.2, -0.15) is 0 Å². The van der Waals surface area contributed by atoms with E-state index in [1.54, 1.807) is 0 Å². The fraction of sp³-hybridized carbons (Fsp3) is 0.619. The molecule has 4 nitrogen and oxygen atoms in total. The Morgan fingerprint density at radius 3 is 2.36 bits per heavy atom. The van der Waals surface area contributed by atoms with E-state index in [9.17, 15) is 9.59 Å². The van der Waals surface area contributed by atoms with Gasteiger partial charge < -0.3 is 4.74 Å². The van der Waals surface area contributed by atoms with Gasteiger partial charge in [-0.3, -0.25) is 4.79 Å². The molecule has 0 unspecified atom stereocenters. The minimum atomic E-state index is -0.481. The van der Waals surface area contributed by atoms with Gasteiger partial charge in [0.1, 0.15) is 6.61 Å². The zero-order chi connectivity index (χ0) is 17.9. The molecule has 0 aliphatic carbocycles. The number of hydrogen-bond acceptors (Lipinski definition) is 3. The summed E-state index contributed by atoms with van der Waals surface area (Å²) in [6, 6.07) is 9.77. The summed E-state index contributed by atoms with van der Waals surface area (Å²) in [7, 11) is 0. The summed E-state index contributed by atoms with van der Waals surface area (Å²) < 4.78 is 5.12. The van der Waals surface area contributed by atoms with Crippen LogP contribution in [0.1, 0.15) is 70.3 Å². The smallest absolute Gasteiger partial charge is 0.416 e. The third kappa shape index (κ3) is 6.52. The fourth-order valence-corrected chi connectivity index (χ4v) is 3.33. The van der Waals surface area contributed by atoms with E-state index in [1.807, 2.05) is 30.3 Å². The average molecular weight is 345 g/mol. The Balaban J connectivity index is 1.70. The molecule has 25 heavy (non-hydrogen) atoms. The molecule has 1 saturated heterocycles. The van der Waals surface area contributed by atoms with Gasteiger partial charge in [-0.15, -0.1) is 0 Å². The van der Waals surface area contributed by atoms with Gasteiger partial charge in [-0.25, -0.2) is 9.69 Å². The van der Waals surface area contributed by atoms with Gasteiger partial charge in [-0.05, 0) is 18.4 Å². The van der Waals surface area contributed by atoms with Crippen molar-refractivity contribution in [2.24, 2.45) is 0 Å². The standard InChI is InChI=1S/C21H31NO3/c1-2-3-4-5-6-7-8-12-15-20(23)22-19(17-25-21(22)24)16-18-13-10-9-11-14-18/h9-11,13-14,19H,2-8,12,15-17H2,1H3/t19-/m1/s1. The maximum atomic E-state index is 12.5. The predicted octanol–water partition coefficient (Wildman–Crippen LogP) is 5.11. The predicted molar refractivity (Wildman–Crippen MR) is 99.4 cm³/mol. The van der Waals surface area contributed by atoms with Gasteiger partial charge in [0.15, 0.2) is 0 Å². The van der Waals surface area contributed by atoms with E-state index < -0.39 is 6.09 Å². The number of unbranched alkanes of at least 4 members (excludes halogenated alkanes) is 7. The summed E-state index contributed by atoms with van der Waals surface area (Å²) in [5.41, 5.74) is 1.12. The lowest BCUT2D eigenvalue weighted by Crippen LogP contribution is -2.40. The van der Waals surface area contributed by atoms with Crippen molar-refractivity contribution < 1.29 is 14.3 Å². The van der Waals surface area contributed by atoms with Crippen molar-refractivity contribution in [2.45, 2.75) is 77.2 Å². The normalized spacial score (nSPS) is 16.9. The first kappa shape index (κ1) is 19.5. The number of imide groups is 1. The van der Waals surface area contributed by atoms with Crippen molar-refractivity contribution in [1.82, 2.24) is 4.90 Å². The first-order chi connectivity index (χ1) is 12.2. The largest absolute Gasteiger partial charge is 0.447 e. The first-order valence-electron chi connectivity index (χ1n) is 9.75. The molecular formula is C21H31NO3. The van der Waals surface area contributed by atoms with Crippen LogP contribution in [0.2, 0.25) is 0 Å². The van der Waals surface area contributed by atoms with Crippen LogP contribution in [0.15, 0.2) is 30.3 Å². The summed E-state index contributed by atoms with van der Waals surface area (Å²) in [4.78, 5) is 25.7. The van der Waals surface area contributed by atoms with Crippen molar-refractivity contribution in [1.29, 1.82) is 0 Å². The summed E-state index contributed by atoms with van der Waals surface area (Å²) in [6.07, 6.45) is 10.2. The molecule has 2 rings (SSSR count). The molecule has 1 aromatic carbocycles. The van der Waals surface area contributed by atoms with Crippen LogP contribution in [0.4, 0.5) is 4.79 Å². The van der Waals surface area contributed by atoms with E-state index in [1.165, 1.54) is 43.4 Å². The molecule has 2 amide bonds.